The molecule has 5 heteroatoms. The Morgan fingerprint density at radius 2 is 1.86 bits per heavy atom. The van der Waals surface area contributed by atoms with Crippen molar-refractivity contribution in [3.8, 4) is 0 Å². The fourth-order valence-electron chi connectivity index (χ4n) is 1.92. The van der Waals surface area contributed by atoms with Crippen molar-refractivity contribution in [3.63, 3.8) is 0 Å². The summed E-state index contributed by atoms with van der Waals surface area (Å²) >= 11 is 5.74. The average molecular weight is 310 g/mol. The zero-order valence-corrected chi connectivity index (χ0v) is 12.0. The molecule has 0 radical (unpaired) electrons. The number of rotatable bonds is 5. The summed E-state index contributed by atoms with van der Waals surface area (Å²) in [5.74, 6) is -1.29. The number of alkyl halides is 1. The summed E-state index contributed by atoms with van der Waals surface area (Å²) < 4.78 is 26.2. The van der Waals surface area contributed by atoms with Crippen LogP contribution in [-0.4, -0.2) is 5.91 Å². The first-order chi connectivity index (χ1) is 10.1. The first kappa shape index (κ1) is 15.4. The van der Waals surface area contributed by atoms with E-state index >= 15 is 0 Å². The normalized spacial score (nSPS) is 10.4. The van der Waals surface area contributed by atoms with Gasteiger partial charge in [-0.2, -0.15) is 0 Å². The van der Waals surface area contributed by atoms with Crippen LogP contribution < -0.4 is 5.32 Å². The van der Waals surface area contributed by atoms with Gasteiger partial charge >= 0.3 is 0 Å². The predicted molar refractivity (Wildman–Crippen MR) is 77.9 cm³/mol. The number of amides is 1. The molecule has 0 heterocycles. The van der Waals surface area contributed by atoms with Crippen molar-refractivity contribution < 1.29 is 13.6 Å². The quantitative estimate of drug-likeness (QED) is 0.841. The predicted octanol–water partition coefficient (Wildman–Crippen LogP) is 3.56. The molecular formula is C16H14ClF2NO. The smallest absolute Gasteiger partial charge is 0.224 e. The second kappa shape index (κ2) is 7.18. The zero-order chi connectivity index (χ0) is 15.2. The van der Waals surface area contributed by atoms with Gasteiger partial charge < -0.3 is 5.32 Å². The van der Waals surface area contributed by atoms with Gasteiger partial charge in [-0.05, 0) is 22.8 Å². The van der Waals surface area contributed by atoms with Gasteiger partial charge in [-0.25, -0.2) is 8.78 Å². The van der Waals surface area contributed by atoms with E-state index in [1.807, 2.05) is 24.3 Å². The molecule has 2 nitrogen and oxygen atoms in total. The maximum absolute atomic E-state index is 13.4. The Kier molecular flexibility index (Phi) is 5.28. The number of carbonyl (C=O) groups is 1. The third kappa shape index (κ3) is 4.53. The second-order valence-corrected chi connectivity index (χ2v) is 4.91. The molecule has 21 heavy (non-hydrogen) atoms. The molecule has 0 aliphatic heterocycles. The summed E-state index contributed by atoms with van der Waals surface area (Å²) in [4.78, 5) is 11.8. The first-order valence-corrected chi connectivity index (χ1v) is 6.96. The summed E-state index contributed by atoms with van der Waals surface area (Å²) in [5, 5.41) is 2.70. The maximum Gasteiger partial charge on any atom is 0.224 e. The first-order valence-electron chi connectivity index (χ1n) is 6.43. The van der Waals surface area contributed by atoms with Gasteiger partial charge in [0.2, 0.25) is 5.91 Å². The molecule has 0 spiro atoms. The van der Waals surface area contributed by atoms with E-state index in [1.54, 1.807) is 0 Å². The third-order valence-corrected chi connectivity index (χ3v) is 3.31. The van der Waals surface area contributed by atoms with Crippen LogP contribution in [-0.2, 0) is 23.6 Å². The Labute approximate surface area is 126 Å². The van der Waals surface area contributed by atoms with Crippen LogP contribution in [0.25, 0.3) is 0 Å². The molecule has 0 aromatic heterocycles. The van der Waals surface area contributed by atoms with Gasteiger partial charge in [0, 0.05) is 18.5 Å². The Morgan fingerprint density at radius 3 is 2.57 bits per heavy atom. The van der Waals surface area contributed by atoms with Crippen LogP contribution in [0.4, 0.5) is 8.78 Å². The molecule has 0 aliphatic rings. The lowest BCUT2D eigenvalue weighted by Gasteiger charge is -2.07. The minimum Gasteiger partial charge on any atom is -0.352 e. The summed E-state index contributed by atoms with van der Waals surface area (Å²) in [6.45, 7) is 0.340. The molecule has 1 N–H and O–H groups in total. The number of hydrogen-bond acceptors (Lipinski definition) is 1. The molecule has 2 aromatic carbocycles. The van der Waals surface area contributed by atoms with Crippen LogP contribution in [0.1, 0.15) is 16.7 Å². The summed E-state index contributed by atoms with van der Waals surface area (Å²) in [7, 11) is 0. The number of hydrogen-bond donors (Lipinski definition) is 1. The van der Waals surface area contributed by atoms with E-state index in [1.165, 1.54) is 6.07 Å². The van der Waals surface area contributed by atoms with Crippen molar-refractivity contribution >= 4 is 17.5 Å². The highest BCUT2D eigenvalue weighted by atomic mass is 35.5. The van der Waals surface area contributed by atoms with E-state index < -0.39 is 11.6 Å². The Bertz CT molecular complexity index is 646. The molecule has 0 saturated carbocycles. The topological polar surface area (TPSA) is 29.1 Å². The molecule has 0 atom stereocenters. The zero-order valence-electron chi connectivity index (χ0n) is 11.2. The highest BCUT2D eigenvalue weighted by molar-refractivity contribution is 6.17. The van der Waals surface area contributed by atoms with Crippen molar-refractivity contribution in [2.45, 2.75) is 18.8 Å². The van der Waals surface area contributed by atoms with Crippen molar-refractivity contribution in [3.05, 3.63) is 70.8 Å². The molecule has 0 saturated heterocycles. The van der Waals surface area contributed by atoms with Gasteiger partial charge in [-0.15, -0.1) is 11.6 Å². The SMILES string of the molecule is O=C(Cc1ccc(F)cc1F)NCc1cccc(CCl)c1. The summed E-state index contributed by atoms with van der Waals surface area (Å²) in [5.41, 5.74) is 2.05. The second-order valence-electron chi connectivity index (χ2n) is 4.64. The van der Waals surface area contributed by atoms with Gasteiger partial charge in [0.15, 0.2) is 0 Å². The highest BCUT2D eigenvalue weighted by Gasteiger charge is 2.09. The molecule has 0 unspecified atom stereocenters. The van der Waals surface area contributed by atoms with Crippen LogP contribution >= 0.6 is 11.6 Å². The highest BCUT2D eigenvalue weighted by Crippen LogP contribution is 2.11. The fraction of sp³-hybridized carbons (Fsp3) is 0.188. The minimum absolute atomic E-state index is 0.124. The van der Waals surface area contributed by atoms with Gasteiger partial charge in [0.1, 0.15) is 11.6 Å². The van der Waals surface area contributed by atoms with Crippen molar-refractivity contribution in [1.29, 1.82) is 0 Å². The third-order valence-electron chi connectivity index (χ3n) is 3.00. The standard InChI is InChI=1S/C16H14ClF2NO/c17-9-11-2-1-3-12(6-11)10-20-16(21)7-13-4-5-14(18)8-15(13)19/h1-6,8H,7,9-10H2,(H,20,21). The van der Waals surface area contributed by atoms with E-state index in [4.69, 9.17) is 11.6 Å². The fourth-order valence-corrected chi connectivity index (χ4v) is 2.09. The number of nitrogens with one attached hydrogen (secondary N) is 1. The van der Waals surface area contributed by atoms with Crippen LogP contribution in [0.15, 0.2) is 42.5 Å². The van der Waals surface area contributed by atoms with Crippen molar-refractivity contribution in [1.82, 2.24) is 5.32 Å². The van der Waals surface area contributed by atoms with Crippen LogP contribution in [0, 0.1) is 11.6 Å². The van der Waals surface area contributed by atoms with E-state index in [9.17, 15) is 13.6 Å². The Hall–Kier alpha value is -1.94. The molecular weight excluding hydrogens is 296 g/mol. The van der Waals surface area contributed by atoms with Gasteiger partial charge in [0.25, 0.3) is 0 Å². The number of carbonyl (C=O) groups excluding carboxylic acids is 1. The average Bonchev–Trinajstić information content (AvgIpc) is 2.48. The van der Waals surface area contributed by atoms with E-state index in [2.05, 4.69) is 5.32 Å². The molecule has 0 aliphatic carbocycles. The Balaban J connectivity index is 1.92. The minimum atomic E-state index is -0.714. The molecule has 110 valence electrons. The lowest BCUT2D eigenvalue weighted by atomic mass is 10.1. The largest absolute Gasteiger partial charge is 0.352 e. The lowest BCUT2D eigenvalue weighted by molar-refractivity contribution is -0.120. The summed E-state index contributed by atoms with van der Waals surface area (Å²) in [6.07, 6.45) is -0.124. The Morgan fingerprint density at radius 1 is 1.10 bits per heavy atom. The van der Waals surface area contributed by atoms with Crippen molar-refractivity contribution in [2.24, 2.45) is 0 Å². The van der Waals surface area contributed by atoms with Gasteiger partial charge in [-0.1, -0.05) is 30.3 Å². The monoisotopic (exact) mass is 309 g/mol. The van der Waals surface area contributed by atoms with Crippen LogP contribution in [0.3, 0.4) is 0 Å². The number of benzene rings is 2. The van der Waals surface area contributed by atoms with Crippen LogP contribution in [0.2, 0.25) is 0 Å². The maximum atomic E-state index is 13.4. The van der Waals surface area contributed by atoms with Crippen LogP contribution in [0.5, 0.6) is 0 Å². The molecule has 0 fully saturated rings. The lowest BCUT2D eigenvalue weighted by Crippen LogP contribution is -2.25. The van der Waals surface area contributed by atoms with E-state index in [0.29, 0.717) is 12.4 Å². The molecule has 2 rings (SSSR count). The van der Waals surface area contributed by atoms with Crippen molar-refractivity contribution in [2.75, 3.05) is 0 Å². The van der Waals surface area contributed by atoms with Gasteiger partial charge in [-0.3, -0.25) is 4.79 Å². The number of halogens is 3. The van der Waals surface area contributed by atoms with Gasteiger partial charge in [0.05, 0.1) is 6.42 Å². The molecule has 0 bridgehead atoms. The molecule has 1 amide bonds. The molecule has 2 aromatic rings. The summed E-state index contributed by atoms with van der Waals surface area (Å²) in [6, 6.07) is 10.7. The van der Waals surface area contributed by atoms with E-state index in [0.717, 1.165) is 23.3 Å². The van der Waals surface area contributed by atoms with E-state index in [-0.39, 0.29) is 17.9 Å².